The van der Waals surface area contributed by atoms with Crippen LogP contribution in [0.3, 0.4) is 0 Å². The van der Waals surface area contributed by atoms with Crippen LogP contribution in [-0.2, 0) is 11.3 Å². The molecule has 2 aromatic rings. The molecule has 2 heterocycles. The van der Waals surface area contributed by atoms with Crippen LogP contribution in [0.2, 0.25) is 10.0 Å². The van der Waals surface area contributed by atoms with E-state index in [4.69, 9.17) is 27.9 Å². The maximum Gasteiger partial charge on any atom is 0.253 e. The molecule has 0 saturated carbocycles. The maximum absolute atomic E-state index is 12.3. The minimum Gasteiger partial charge on any atom is -0.378 e. The van der Waals surface area contributed by atoms with E-state index in [-0.39, 0.29) is 5.91 Å². The minimum absolute atomic E-state index is 0.272. The lowest BCUT2D eigenvalue weighted by molar-refractivity contribution is 0.0950. The Hall–Kier alpha value is -1.89. The molecule has 0 bridgehead atoms. The normalized spacial score (nSPS) is 14.4. The van der Waals surface area contributed by atoms with Crippen LogP contribution in [0, 0.1) is 6.92 Å². The summed E-state index contributed by atoms with van der Waals surface area (Å²) in [4.78, 5) is 23.4. The van der Waals surface area contributed by atoms with Gasteiger partial charge in [-0.3, -0.25) is 4.79 Å². The third-order valence-corrected chi connectivity index (χ3v) is 4.34. The molecule has 0 unspecified atom stereocenters. The van der Waals surface area contributed by atoms with E-state index >= 15 is 0 Å². The van der Waals surface area contributed by atoms with E-state index in [0.717, 1.165) is 24.5 Å². The van der Waals surface area contributed by atoms with E-state index in [1.54, 1.807) is 18.2 Å². The van der Waals surface area contributed by atoms with Crippen molar-refractivity contribution in [3.63, 3.8) is 0 Å². The molecule has 1 saturated heterocycles. The number of aromatic nitrogens is 2. The van der Waals surface area contributed by atoms with Gasteiger partial charge in [-0.1, -0.05) is 23.2 Å². The van der Waals surface area contributed by atoms with Crippen molar-refractivity contribution in [2.45, 2.75) is 13.5 Å². The number of nitrogens with one attached hydrogen (secondary N) is 1. The molecule has 1 fully saturated rings. The molecular weight excluding hydrogens is 363 g/mol. The fourth-order valence-electron chi connectivity index (χ4n) is 2.55. The summed E-state index contributed by atoms with van der Waals surface area (Å²) >= 11 is 11.9. The molecule has 132 valence electrons. The number of aryl methyl sites for hydroxylation is 1. The van der Waals surface area contributed by atoms with Gasteiger partial charge < -0.3 is 15.0 Å². The summed E-state index contributed by atoms with van der Waals surface area (Å²) < 4.78 is 5.35. The van der Waals surface area contributed by atoms with Crippen LogP contribution in [-0.4, -0.2) is 42.2 Å². The second-order valence-electron chi connectivity index (χ2n) is 5.71. The van der Waals surface area contributed by atoms with Gasteiger partial charge in [-0.05, 0) is 31.2 Å². The third kappa shape index (κ3) is 4.60. The fourth-order valence-corrected chi connectivity index (χ4v) is 3.05. The minimum atomic E-state index is -0.272. The number of benzene rings is 1. The van der Waals surface area contributed by atoms with Gasteiger partial charge in [0.25, 0.3) is 5.91 Å². The Morgan fingerprint density at radius 1 is 1.24 bits per heavy atom. The molecule has 0 aliphatic carbocycles. The fraction of sp³-hybridized carbons (Fsp3) is 0.353. The number of hydrogen-bond acceptors (Lipinski definition) is 5. The molecule has 8 heteroatoms. The van der Waals surface area contributed by atoms with Crippen molar-refractivity contribution in [3.05, 3.63) is 51.3 Å². The lowest BCUT2D eigenvalue weighted by atomic mass is 10.2. The zero-order valence-electron chi connectivity index (χ0n) is 13.8. The van der Waals surface area contributed by atoms with E-state index in [9.17, 15) is 4.79 Å². The second kappa shape index (κ2) is 7.99. The Kier molecular flexibility index (Phi) is 5.73. The van der Waals surface area contributed by atoms with Crippen LogP contribution in [0.25, 0.3) is 0 Å². The lowest BCUT2D eigenvalue weighted by Gasteiger charge is -2.27. The monoisotopic (exact) mass is 380 g/mol. The molecule has 0 atom stereocenters. The number of nitrogens with zero attached hydrogens (tertiary/aromatic N) is 3. The van der Waals surface area contributed by atoms with Crippen molar-refractivity contribution in [1.82, 2.24) is 15.3 Å². The molecule has 6 nitrogen and oxygen atoms in total. The van der Waals surface area contributed by atoms with Crippen molar-refractivity contribution in [2.75, 3.05) is 31.2 Å². The summed E-state index contributed by atoms with van der Waals surface area (Å²) in [6.45, 7) is 5.05. The summed E-state index contributed by atoms with van der Waals surface area (Å²) in [6, 6.07) is 6.63. The Labute approximate surface area is 156 Å². The van der Waals surface area contributed by atoms with Crippen molar-refractivity contribution in [1.29, 1.82) is 0 Å². The first-order valence-corrected chi connectivity index (χ1v) is 8.69. The van der Waals surface area contributed by atoms with Crippen molar-refractivity contribution in [2.24, 2.45) is 0 Å². The predicted molar refractivity (Wildman–Crippen MR) is 97.4 cm³/mol. The molecule has 1 aliphatic heterocycles. The molecule has 3 rings (SSSR count). The van der Waals surface area contributed by atoms with E-state index in [0.29, 0.717) is 41.3 Å². The zero-order valence-corrected chi connectivity index (χ0v) is 15.3. The predicted octanol–water partition coefficient (Wildman–Crippen LogP) is 2.86. The van der Waals surface area contributed by atoms with Gasteiger partial charge in [0.15, 0.2) is 0 Å². The molecule has 1 aromatic carbocycles. The summed E-state index contributed by atoms with van der Waals surface area (Å²) in [5.74, 6) is 0.392. The summed E-state index contributed by atoms with van der Waals surface area (Å²) in [5, 5.41) is 3.64. The van der Waals surface area contributed by atoms with Crippen LogP contribution >= 0.6 is 23.2 Å². The van der Waals surface area contributed by atoms with Crippen molar-refractivity contribution >= 4 is 35.1 Å². The van der Waals surface area contributed by atoms with Crippen LogP contribution in [0.4, 0.5) is 5.95 Å². The van der Waals surface area contributed by atoms with E-state index < -0.39 is 0 Å². The maximum atomic E-state index is 12.3. The van der Waals surface area contributed by atoms with Gasteiger partial charge in [-0.2, -0.15) is 0 Å². The topological polar surface area (TPSA) is 67.4 Å². The molecule has 1 amide bonds. The quantitative estimate of drug-likeness (QED) is 0.882. The SMILES string of the molecule is Cc1cc(CNC(=O)c2ccc(Cl)cc2Cl)nc(N2CCOCC2)n1. The van der Waals surface area contributed by atoms with Gasteiger partial charge in [-0.15, -0.1) is 0 Å². The molecule has 0 radical (unpaired) electrons. The number of halogens is 2. The Morgan fingerprint density at radius 2 is 2.00 bits per heavy atom. The van der Waals surface area contributed by atoms with Gasteiger partial charge in [0.2, 0.25) is 5.95 Å². The lowest BCUT2D eigenvalue weighted by Crippen LogP contribution is -2.37. The van der Waals surface area contributed by atoms with Crippen LogP contribution in [0.1, 0.15) is 21.7 Å². The number of amides is 1. The average Bonchev–Trinajstić information content (AvgIpc) is 2.60. The standard InChI is InChI=1S/C17H18Cl2N4O2/c1-11-8-13(22-17(21-11)23-4-6-25-7-5-23)10-20-16(24)14-3-2-12(18)9-15(14)19/h2-3,8-9H,4-7,10H2,1H3,(H,20,24). The van der Waals surface area contributed by atoms with E-state index in [2.05, 4.69) is 20.2 Å². The smallest absolute Gasteiger partial charge is 0.253 e. The number of anilines is 1. The Morgan fingerprint density at radius 3 is 2.72 bits per heavy atom. The highest BCUT2D eigenvalue weighted by atomic mass is 35.5. The number of hydrogen-bond donors (Lipinski definition) is 1. The molecule has 25 heavy (non-hydrogen) atoms. The zero-order chi connectivity index (χ0) is 17.8. The average molecular weight is 381 g/mol. The highest BCUT2D eigenvalue weighted by Gasteiger charge is 2.16. The number of morpholine rings is 1. The molecule has 1 aromatic heterocycles. The van der Waals surface area contributed by atoms with Crippen LogP contribution < -0.4 is 10.2 Å². The Balaban J connectivity index is 1.70. The first-order chi connectivity index (χ1) is 12.0. The van der Waals surface area contributed by atoms with Crippen molar-refractivity contribution in [3.8, 4) is 0 Å². The van der Waals surface area contributed by atoms with E-state index in [1.165, 1.54) is 0 Å². The summed E-state index contributed by atoms with van der Waals surface area (Å²) in [6.07, 6.45) is 0. The number of carbonyl (C=O) groups excluding carboxylic acids is 1. The third-order valence-electron chi connectivity index (χ3n) is 3.80. The van der Waals surface area contributed by atoms with Gasteiger partial charge in [-0.25, -0.2) is 9.97 Å². The number of rotatable bonds is 4. The second-order valence-corrected chi connectivity index (χ2v) is 6.55. The van der Waals surface area contributed by atoms with Crippen LogP contribution in [0.5, 0.6) is 0 Å². The van der Waals surface area contributed by atoms with E-state index in [1.807, 2.05) is 13.0 Å². The highest BCUT2D eigenvalue weighted by Crippen LogP contribution is 2.21. The van der Waals surface area contributed by atoms with Gasteiger partial charge in [0.05, 0.1) is 36.0 Å². The molecular formula is C17H18Cl2N4O2. The first-order valence-electron chi connectivity index (χ1n) is 7.93. The summed E-state index contributed by atoms with van der Waals surface area (Å²) in [7, 11) is 0. The largest absolute Gasteiger partial charge is 0.378 e. The summed E-state index contributed by atoms with van der Waals surface area (Å²) in [5.41, 5.74) is 1.97. The highest BCUT2D eigenvalue weighted by molar-refractivity contribution is 6.36. The number of carbonyl (C=O) groups is 1. The number of ether oxygens (including phenoxy) is 1. The van der Waals surface area contributed by atoms with Crippen molar-refractivity contribution < 1.29 is 9.53 Å². The first kappa shape index (κ1) is 17.9. The van der Waals surface area contributed by atoms with Crippen LogP contribution in [0.15, 0.2) is 24.3 Å². The molecule has 1 aliphatic rings. The van der Waals surface area contributed by atoms with Gasteiger partial charge in [0.1, 0.15) is 0 Å². The van der Waals surface area contributed by atoms with Gasteiger partial charge >= 0.3 is 0 Å². The Bertz CT molecular complexity index is 779. The van der Waals surface area contributed by atoms with Gasteiger partial charge in [0, 0.05) is 23.8 Å². The molecule has 1 N–H and O–H groups in total. The molecule has 0 spiro atoms.